The number of amides is 1. The van der Waals surface area contributed by atoms with Crippen LogP contribution in [0.15, 0.2) is 83.3 Å². The number of nitro groups is 1. The Hall–Kier alpha value is -4.79. The number of furan rings is 1. The summed E-state index contributed by atoms with van der Waals surface area (Å²) >= 11 is 0. The predicted molar refractivity (Wildman–Crippen MR) is 128 cm³/mol. The molecule has 0 radical (unpaired) electrons. The number of non-ortho nitro benzene ring substituents is 1. The van der Waals surface area contributed by atoms with Crippen LogP contribution in [-0.4, -0.2) is 17.9 Å². The van der Waals surface area contributed by atoms with Crippen LogP contribution in [0.25, 0.3) is 0 Å². The third-order valence-electron chi connectivity index (χ3n) is 4.94. The van der Waals surface area contributed by atoms with Crippen molar-refractivity contribution in [2.45, 2.75) is 13.5 Å². The van der Waals surface area contributed by atoms with Crippen LogP contribution in [0.2, 0.25) is 0 Å². The molecule has 3 aromatic carbocycles. The number of rotatable bonds is 9. The molecule has 0 saturated heterocycles. The van der Waals surface area contributed by atoms with Gasteiger partial charge in [-0.25, -0.2) is 0 Å². The Morgan fingerprint density at radius 3 is 2.29 bits per heavy atom. The summed E-state index contributed by atoms with van der Waals surface area (Å²) in [7, 11) is 1.58. The lowest BCUT2D eigenvalue weighted by Gasteiger charge is -2.09. The number of nitrogens with zero attached hydrogens (tertiary/aromatic N) is 1. The molecule has 0 aliphatic carbocycles. The Labute approximate surface area is 201 Å². The van der Waals surface area contributed by atoms with Gasteiger partial charge in [-0.05, 0) is 55.5 Å². The molecule has 1 N–H and O–H groups in total. The minimum atomic E-state index is -0.567. The van der Waals surface area contributed by atoms with Crippen molar-refractivity contribution in [1.82, 2.24) is 0 Å². The molecule has 0 atom stereocenters. The molecule has 9 nitrogen and oxygen atoms in total. The Kier molecular flexibility index (Phi) is 6.96. The van der Waals surface area contributed by atoms with E-state index in [0.29, 0.717) is 23.0 Å². The zero-order valence-corrected chi connectivity index (χ0v) is 19.0. The number of ether oxygens (including phenoxy) is 3. The molecule has 4 aromatic rings. The summed E-state index contributed by atoms with van der Waals surface area (Å²) in [6.45, 7) is 2.06. The molecule has 0 unspecified atom stereocenters. The summed E-state index contributed by atoms with van der Waals surface area (Å²) in [5, 5.41) is 14.0. The Balaban J connectivity index is 1.43. The summed E-state index contributed by atoms with van der Waals surface area (Å²) in [4.78, 5) is 23.5. The van der Waals surface area contributed by atoms with Crippen LogP contribution in [0.5, 0.6) is 23.0 Å². The summed E-state index contributed by atoms with van der Waals surface area (Å²) in [5.74, 6) is 1.96. The Bertz CT molecular complexity index is 1330. The van der Waals surface area contributed by atoms with Crippen molar-refractivity contribution in [2.75, 3.05) is 12.4 Å². The third kappa shape index (κ3) is 6.17. The molecule has 0 saturated carbocycles. The lowest BCUT2D eigenvalue weighted by molar-refractivity contribution is -0.384. The summed E-state index contributed by atoms with van der Waals surface area (Å²) in [6, 6.07) is 21.5. The zero-order chi connectivity index (χ0) is 24.8. The number of carbonyl (C=O) groups excluding carboxylic acids is 1. The van der Waals surface area contributed by atoms with Gasteiger partial charge in [0.2, 0.25) is 0 Å². The van der Waals surface area contributed by atoms with Crippen LogP contribution in [0.3, 0.4) is 0 Å². The molecule has 178 valence electrons. The fourth-order valence-electron chi connectivity index (χ4n) is 3.16. The largest absolute Gasteiger partial charge is 0.497 e. The van der Waals surface area contributed by atoms with Crippen molar-refractivity contribution in [3.05, 3.63) is 106 Å². The van der Waals surface area contributed by atoms with Crippen LogP contribution in [-0.2, 0) is 6.61 Å². The number of nitrogens with one attached hydrogen (secondary N) is 1. The predicted octanol–water partition coefficient (Wildman–Crippen LogP) is 6.13. The van der Waals surface area contributed by atoms with Crippen molar-refractivity contribution < 1.29 is 28.3 Å². The minimum Gasteiger partial charge on any atom is -0.497 e. The number of hydrogen-bond acceptors (Lipinski definition) is 7. The Morgan fingerprint density at radius 1 is 0.914 bits per heavy atom. The van der Waals surface area contributed by atoms with Gasteiger partial charge in [0.05, 0.1) is 23.8 Å². The topological polar surface area (TPSA) is 113 Å². The smallest absolute Gasteiger partial charge is 0.291 e. The molecule has 0 bridgehead atoms. The quantitative estimate of drug-likeness (QED) is 0.229. The number of anilines is 1. The molecule has 9 heteroatoms. The number of carbonyl (C=O) groups is 1. The van der Waals surface area contributed by atoms with Crippen LogP contribution < -0.4 is 19.5 Å². The minimum absolute atomic E-state index is 0.0332. The average molecular weight is 474 g/mol. The standard InChI is InChI=1S/C26H22N2O7/c1-17-3-5-22(6-4-17)34-24-14-18(13-19(15-24)28(30)31)27-26(29)25-12-11-23(35-25)16-33-21-9-7-20(32-2)8-10-21/h3-15H,16H2,1-2H3,(H,27,29). The van der Waals surface area contributed by atoms with E-state index in [0.717, 1.165) is 5.56 Å². The van der Waals surface area contributed by atoms with Gasteiger partial charge in [-0.3, -0.25) is 14.9 Å². The first-order chi connectivity index (χ1) is 16.9. The first kappa shape index (κ1) is 23.4. The highest BCUT2D eigenvalue weighted by atomic mass is 16.6. The van der Waals surface area contributed by atoms with Crippen LogP contribution >= 0.6 is 0 Å². The summed E-state index contributed by atoms with van der Waals surface area (Å²) in [5.41, 5.74) is 1.02. The van der Waals surface area contributed by atoms with Gasteiger partial charge in [0.15, 0.2) is 5.76 Å². The normalized spacial score (nSPS) is 10.5. The van der Waals surface area contributed by atoms with Crippen molar-refractivity contribution in [1.29, 1.82) is 0 Å². The zero-order valence-electron chi connectivity index (χ0n) is 19.0. The van der Waals surface area contributed by atoms with E-state index >= 15 is 0 Å². The van der Waals surface area contributed by atoms with E-state index < -0.39 is 10.8 Å². The molecule has 1 amide bonds. The Morgan fingerprint density at radius 2 is 1.60 bits per heavy atom. The monoisotopic (exact) mass is 474 g/mol. The fraction of sp³-hybridized carbons (Fsp3) is 0.115. The molecule has 35 heavy (non-hydrogen) atoms. The highest BCUT2D eigenvalue weighted by Crippen LogP contribution is 2.30. The van der Waals surface area contributed by atoms with E-state index in [1.165, 1.54) is 24.3 Å². The van der Waals surface area contributed by atoms with E-state index in [-0.39, 0.29) is 29.5 Å². The molecular formula is C26H22N2O7. The van der Waals surface area contributed by atoms with Gasteiger partial charge in [0, 0.05) is 12.1 Å². The second-order valence-electron chi connectivity index (χ2n) is 7.57. The highest BCUT2D eigenvalue weighted by Gasteiger charge is 2.16. The fourth-order valence-corrected chi connectivity index (χ4v) is 3.16. The third-order valence-corrected chi connectivity index (χ3v) is 4.94. The first-order valence-electron chi connectivity index (χ1n) is 10.6. The van der Waals surface area contributed by atoms with Gasteiger partial charge in [-0.2, -0.15) is 0 Å². The van der Waals surface area contributed by atoms with Gasteiger partial charge in [-0.1, -0.05) is 17.7 Å². The van der Waals surface area contributed by atoms with Gasteiger partial charge < -0.3 is 23.9 Å². The first-order valence-corrected chi connectivity index (χ1v) is 10.6. The molecule has 0 aliphatic heterocycles. The van der Waals surface area contributed by atoms with Crippen molar-refractivity contribution in [2.24, 2.45) is 0 Å². The van der Waals surface area contributed by atoms with E-state index in [9.17, 15) is 14.9 Å². The molecule has 1 heterocycles. The molecule has 0 fully saturated rings. The van der Waals surface area contributed by atoms with E-state index in [1.54, 1.807) is 49.6 Å². The van der Waals surface area contributed by atoms with Crippen molar-refractivity contribution >= 4 is 17.3 Å². The number of nitro benzene ring substituents is 1. The van der Waals surface area contributed by atoms with Gasteiger partial charge >= 0.3 is 0 Å². The second kappa shape index (κ2) is 10.4. The van der Waals surface area contributed by atoms with Crippen LogP contribution in [0, 0.1) is 17.0 Å². The van der Waals surface area contributed by atoms with E-state index in [4.69, 9.17) is 18.6 Å². The van der Waals surface area contributed by atoms with Gasteiger partial charge in [0.1, 0.15) is 35.4 Å². The lowest BCUT2D eigenvalue weighted by Crippen LogP contribution is -2.11. The van der Waals surface area contributed by atoms with E-state index in [1.807, 2.05) is 19.1 Å². The van der Waals surface area contributed by atoms with Crippen molar-refractivity contribution in [3.8, 4) is 23.0 Å². The molecule has 0 spiro atoms. The number of hydrogen-bond donors (Lipinski definition) is 1. The maximum absolute atomic E-state index is 12.7. The maximum Gasteiger partial charge on any atom is 0.291 e. The maximum atomic E-state index is 12.7. The number of methoxy groups -OCH3 is 1. The molecule has 4 rings (SSSR count). The molecular weight excluding hydrogens is 452 g/mol. The number of aryl methyl sites for hydroxylation is 1. The number of benzene rings is 3. The second-order valence-corrected chi connectivity index (χ2v) is 7.57. The lowest BCUT2D eigenvalue weighted by atomic mass is 10.2. The summed E-state index contributed by atoms with van der Waals surface area (Å²) in [6.07, 6.45) is 0. The van der Waals surface area contributed by atoms with Gasteiger partial charge in [-0.15, -0.1) is 0 Å². The SMILES string of the molecule is COc1ccc(OCc2ccc(C(=O)Nc3cc(Oc4ccc(C)cc4)cc([N+](=O)[O-])c3)o2)cc1. The van der Waals surface area contributed by atoms with Crippen LogP contribution in [0.4, 0.5) is 11.4 Å². The molecule has 1 aromatic heterocycles. The highest BCUT2D eigenvalue weighted by molar-refractivity contribution is 6.02. The van der Waals surface area contributed by atoms with E-state index in [2.05, 4.69) is 5.32 Å². The van der Waals surface area contributed by atoms with Gasteiger partial charge in [0.25, 0.3) is 11.6 Å². The van der Waals surface area contributed by atoms with Crippen LogP contribution in [0.1, 0.15) is 21.9 Å². The average Bonchev–Trinajstić information content (AvgIpc) is 3.34. The molecule has 0 aliphatic rings. The summed E-state index contributed by atoms with van der Waals surface area (Å²) < 4.78 is 22.1. The van der Waals surface area contributed by atoms with Crippen molar-refractivity contribution in [3.63, 3.8) is 0 Å².